The Hall–Kier alpha value is -1.02. The highest BCUT2D eigenvalue weighted by atomic mass is 127. The number of rotatable bonds is 6. The minimum atomic E-state index is -1.02. The van der Waals surface area contributed by atoms with Crippen LogP contribution in [0.15, 0.2) is 12.1 Å². The zero-order chi connectivity index (χ0) is 12.8. The molecule has 0 saturated carbocycles. The van der Waals surface area contributed by atoms with Gasteiger partial charge in [0.25, 0.3) is 0 Å². The molecule has 0 heterocycles. The summed E-state index contributed by atoms with van der Waals surface area (Å²) in [6, 6.07) is 2.93. The normalized spacial score (nSPS) is 10.1. The Morgan fingerprint density at radius 3 is 2.41 bits per heavy atom. The molecule has 1 aromatic rings. The summed E-state index contributed by atoms with van der Waals surface area (Å²) >= 11 is 2.05. The Morgan fingerprint density at radius 2 is 1.94 bits per heavy atom. The smallest absolute Gasteiger partial charge is 0.335 e. The molecule has 0 fully saturated rings. The molecule has 0 unspecified atom stereocenters. The maximum atomic E-state index is 10.9. The molecule has 0 aliphatic heterocycles. The van der Waals surface area contributed by atoms with Gasteiger partial charge in [-0.1, -0.05) is 0 Å². The van der Waals surface area contributed by atoms with E-state index in [1.54, 1.807) is 0 Å². The lowest BCUT2D eigenvalue weighted by Gasteiger charge is -2.12. The number of carboxylic acid groups (broad SMARTS) is 1. The number of carbonyl (C=O) groups is 1. The predicted octanol–water partition coefficient (Wildman–Crippen LogP) is 2.37. The number of hydrogen-bond acceptors (Lipinski definition) is 4. The summed E-state index contributed by atoms with van der Waals surface area (Å²) in [5.74, 6) is -0.0838. The van der Waals surface area contributed by atoms with Crippen molar-refractivity contribution in [3.8, 4) is 11.5 Å². The van der Waals surface area contributed by atoms with E-state index in [0.717, 1.165) is 3.57 Å². The van der Waals surface area contributed by atoms with Crippen LogP contribution in [-0.4, -0.2) is 31.6 Å². The molecule has 1 N–H and O–H groups in total. The van der Waals surface area contributed by atoms with Crippen LogP contribution in [0, 0.1) is 3.57 Å². The zero-order valence-electron chi connectivity index (χ0n) is 9.53. The lowest BCUT2D eigenvalue weighted by molar-refractivity contribution is 0.0499. The second kappa shape index (κ2) is 6.65. The summed E-state index contributed by atoms with van der Waals surface area (Å²) in [5, 5.41) is 8.97. The number of aromatic carboxylic acids is 1. The minimum Gasteiger partial charge on any atom is -0.493 e. The van der Waals surface area contributed by atoms with E-state index in [-0.39, 0.29) is 12.4 Å². The minimum absolute atomic E-state index is 0.0602. The summed E-state index contributed by atoms with van der Waals surface area (Å²) in [6.07, 6.45) is 0. The third-order valence-electron chi connectivity index (χ3n) is 1.88. The topological polar surface area (TPSA) is 65.0 Å². The van der Waals surface area contributed by atoms with Crippen LogP contribution in [0.2, 0.25) is 0 Å². The maximum absolute atomic E-state index is 10.9. The summed E-state index contributed by atoms with van der Waals surface area (Å²) in [4.78, 5) is 10.9. The zero-order valence-corrected chi connectivity index (χ0v) is 11.7. The summed E-state index contributed by atoms with van der Waals surface area (Å²) in [6.45, 7) is 2.35. The number of carboxylic acids is 1. The largest absolute Gasteiger partial charge is 0.493 e. The van der Waals surface area contributed by atoms with Crippen LogP contribution < -0.4 is 9.47 Å². The number of ether oxygens (including phenoxy) is 3. The molecule has 0 spiro atoms. The van der Waals surface area contributed by atoms with Crippen molar-refractivity contribution < 1.29 is 24.1 Å². The second-order valence-electron chi connectivity index (χ2n) is 3.08. The van der Waals surface area contributed by atoms with Gasteiger partial charge in [0.05, 0.1) is 15.7 Å². The highest BCUT2D eigenvalue weighted by Gasteiger charge is 2.14. The Labute approximate surface area is 113 Å². The standard InChI is InChI=1S/C11H13IO5/c1-3-16-8-4-7(11(13)14)5-9(10(8)12)17-6-15-2/h4-5H,3,6H2,1-2H3,(H,13,14). The van der Waals surface area contributed by atoms with E-state index < -0.39 is 5.97 Å². The molecule has 5 nitrogen and oxygen atoms in total. The van der Waals surface area contributed by atoms with E-state index in [1.165, 1.54) is 19.2 Å². The first-order chi connectivity index (χ1) is 8.10. The molecule has 17 heavy (non-hydrogen) atoms. The van der Waals surface area contributed by atoms with Crippen molar-refractivity contribution in [1.82, 2.24) is 0 Å². The molecule has 0 radical (unpaired) electrons. The van der Waals surface area contributed by atoms with Crippen LogP contribution in [0.25, 0.3) is 0 Å². The van der Waals surface area contributed by atoms with Gasteiger partial charge in [-0.3, -0.25) is 0 Å². The van der Waals surface area contributed by atoms with Gasteiger partial charge >= 0.3 is 5.97 Å². The van der Waals surface area contributed by atoms with Crippen molar-refractivity contribution in [1.29, 1.82) is 0 Å². The van der Waals surface area contributed by atoms with Gasteiger partial charge in [0, 0.05) is 7.11 Å². The van der Waals surface area contributed by atoms with Gasteiger partial charge in [-0.2, -0.15) is 0 Å². The Balaban J connectivity index is 3.12. The highest BCUT2D eigenvalue weighted by Crippen LogP contribution is 2.32. The molecule has 6 heteroatoms. The van der Waals surface area contributed by atoms with E-state index >= 15 is 0 Å². The third kappa shape index (κ3) is 3.74. The first-order valence-corrected chi connectivity index (χ1v) is 5.99. The summed E-state index contributed by atoms with van der Waals surface area (Å²) < 4.78 is 16.2. The summed E-state index contributed by atoms with van der Waals surface area (Å²) in [5.41, 5.74) is 0.125. The Kier molecular flexibility index (Phi) is 5.49. The molecule has 0 bridgehead atoms. The van der Waals surface area contributed by atoms with Gasteiger partial charge in [0.2, 0.25) is 0 Å². The van der Waals surface area contributed by atoms with E-state index in [0.29, 0.717) is 18.1 Å². The Morgan fingerprint density at radius 1 is 1.35 bits per heavy atom. The van der Waals surface area contributed by atoms with Gasteiger partial charge in [0.15, 0.2) is 6.79 Å². The molecule has 1 aromatic carbocycles. The summed E-state index contributed by atoms with van der Waals surface area (Å²) in [7, 11) is 1.50. The maximum Gasteiger partial charge on any atom is 0.335 e. The molecule has 1 rings (SSSR count). The number of hydrogen-bond donors (Lipinski definition) is 1. The number of methoxy groups -OCH3 is 1. The fourth-order valence-corrected chi connectivity index (χ4v) is 1.81. The first-order valence-electron chi connectivity index (χ1n) is 4.91. The van der Waals surface area contributed by atoms with Crippen LogP contribution in [0.5, 0.6) is 11.5 Å². The van der Waals surface area contributed by atoms with Gasteiger partial charge in [-0.25, -0.2) is 4.79 Å². The third-order valence-corrected chi connectivity index (χ3v) is 2.95. The van der Waals surface area contributed by atoms with Crippen molar-refractivity contribution in [2.75, 3.05) is 20.5 Å². The van der Waals surface area contributed by atoms with Gasteiger partial charge in [-0.05, 0) is 41.6 Å². The lowest BCUT2D eigenvalue weighted by Crippen LogP contribution is -2.05. The fraction of sp³-hybridized carbons (Fsp3) is 0.364. The molecule has 0 aliphatic rings. The fourth-order valence-electron chi connectivity index (χ4n) is 1.18. The van der Waals surface area contributed by atoms with Crippen LogP contribution in [0.4, 0.5) is 0 Å². The second-order valence-corrected chi connectivity index (χ2v) is 4.15. The molecule has 0 saturated heterocycles. The number of halogens is 1. The average Bonchev–Trinajstić information content (AvgIpc) is 2.30. The quantitative estimate of drug-likeness (QED) is 0.629. The molecule has 0 aliphatic carbocycles. The SMILES string of the molecule is CCOc1cc(C(=O)O)cc(OCOC)c1I. The Bertz CT molecular complexity index is 405. The average molecular weight is 352 g/mol. The number of benzene rings is 1. The van der Waals surface area contributed by atoms with Crippen LogP contribution in [0.3, 0.4) is 0 Å². The predicted molar refractivity (Wildman–Crippen MR) is 69.8 cm³/mol. The van der Waals surface area contributed by atoms with Crippen molar-refractivity contribution in [2.24, 2.45) is 0 Å². The highest BCUT2D eigenvalue weighted by molar-refractivity contribution is 14.1. The molecule has 0 amide bonds. The van der Waals surface area contributed by atoms with E-state index in [1.807, 2.05) is 29.5 Å². The van der Waals surface area contributed by atoms with Gasteiger partial charge < -0.3 is 19.3 Å². The van der Waals surface area contributed by atoms with Crippen molar-refractivity contribution in [3.63, 3.8) is 0 Å². The van der Waals surface area contributed by atoms with Crippen LogP contribution in [0.1, 0.15) is 17.3 Å². The van der Waals surface area contributed by atoms with E-state index in [2.05, 4.69) is 0 Å². The van der Waals surface area contributed by atoms with Crippen molar-refractivity contribution in [2.45, 2.75) is 6.92 Å². The van der Waals surface area contributed by atoms with Crippen LogP contribution >= 0.6 is 22.6 Å². The molecule has 94 valence electrons. The molecular formula is C11H13IO5. The molecule has 0 aromatic heterocycles. The molecular weight excluding hydrogens is 339 g/mol. The van der Waals surface area contributed by atoms with Crippen molar-refractivity contribution in [3.05, 3.63) is 21.3 Å². The van der Waals surface area contributed by atoms with E-state index in [9.17, 15) is 4.79 Å². The van der Waals surface area contributed by atoms with E-state index in [4.69, 9.17) is 19.3 Å². The lowest BCUT2D eigenvalue weighted by atomic mass is 10.2. The molecule has 0 atom stereocenters. The first kappa shape index (κ1) is 14.0. The van der Waals surface area contributed by atoms with Crippen molar-refractivity contribution >= 4 is 28.6 Å². The van der Waals surface area contributed by atoms with Crippen LogP contribution in [-0.2, 0) is 4.74 Å². The monoisotopic (exact) mass is 352 g/mol. The van der Waals surface area contributed by atoms with Gasteiger partial charge in [-0.15, -0.1) is 0 Å². The van der Waals surface area contributed by atoms with Gasteiger partial charge in [0.1, 0.15) is 11.5 Å².